The Labute approximate surface area is 154 Å². The van der Waals surface area contributed by atoms with Gasteiger partial charge in [-0.15, -0.1) is 0 Å². The van der Waals surface area contributed by atoms with E-state index in [2.05, 4.69) is 5.32 Å². The van der Waals surface area contributed by atoms with Gasteiger partial charge in [-0.1, -0.05) is 29.8 Å². The summed E-state index contributed by atoms with van der Waals surface area (Å²) >= 11 is 5.92. The molecule has 0 spiro atoms. The van der Waals surface area contributed by atoms with Crippen LogP contribution in [0.5, 0.6) is 11.5 Å². The van der Waals surface area contributed by atoms with Gasteiger partial charge in [0.15, 0.2) is 0 Å². The first-order valence-corrected chi connectivity index (χ1v) is 8.08. The average molecular weight is 368 g/mol. The van der Waals surface area contributed by atoms with Crippen LogP contribution in [-0.2, 0) is 0 Å². The third-order valence-electron chi connectivity index (χ3n) is 3.55. The summed E-state index contributed by atoms with van der Waals surface area (Å²) in [4.78, 5) is 23.5. The van der Waals surface area contributed by atoms with E-state index in [0.717, 1.165) is 0 Å². The lowest BCUT2D eigenvalue weighted by Gasteiger charge is -2.09. The third kappa shape index (κ3) is 4.20. The van der Waals surface area contributed by atoms with Crippen molar-refractivity contribution >= 4 is 29.2 Å². The summed E-state index contributed by atoms with van der Waals surface area (Å²) in [7, 11) is 0. The summed E-state index contributed by atoms with van der Waals surface area (Å²) in [5, 5.41) is 12.3. The fourth-order valence-electron chi connectivity index (χ4n) is 2.31. The molecule has 0 aromatic heterocycles. The zero-order valence-electron chi connectivity index (χ0n) is 13.5. The van der Waals surface area contributed by atoms with Crippen molar-refractivity contribution in [2.45, 2.75) is 0 Å². The molecule has 0 unspecified atom stereocenters. The van der Waals surface area contributed by atoms with Crippen LogP contribution in [0.25, 0.3) is 0 Å². The number of hydrogen-bond acceptors (Lipinski definition) is 3. The van der Waals surface area contributed by atoms with E-state index in [-0.39, 0.29) is 11.3 Å². The Morgan fingerprint density at radius 1 is 0.885 bits per heavy atom. The van der Waals surface area contributed by atoms with Gasteiger partial charge in [-0.25, -0.2) is 4.79 Å². The molecule has 3 aromatic carbocycles. The summed E-state index contributed by atoms with van der Waals surface area (Å²) < 4.78 is 5.67. The average Bonchev–Trinajstić information content (AvgIpc) is 2.62. The van der Waals surface area contributed by atoms with Crippen LogP contribution in [0.2, 0.25) is 5.02 Å². The summed E-state index contributed by atoms with van der Waals surface area (Å²) in [6, 6.07) is 19.7. The van der Waals surface area contributed by atoms with Crippen molar-refractivity contribution in [3.05, 3.63) is 88.9 Å². The van der Waals surface area contributed by atoms with E-state index in [9.17, 15) is 9.59 Å². The highest BCUT2D eigenvalue weighted by molar-refractivity contribution is 6.30. The zero-order chi connectivity index (χ0) is 18.5. The first-order chi connectivity index (χ1) is 12.5. The van der Waals surface area contributed by atoms with Gasteiger partial charge in [-0.3, -0.25) is 4.79 Å². The van der Waals surface area contributed by atoms with Crippen LogP contribution in [0.15, 0.2) is 72.8 Å². The summed E-state index contributed by atoms with van der Waals surface area (Å²) in [6.45, 7) is 0. The molecule has 6 heteroatoms. The Kier molecular flexibility index (Phi) is 5.20. The number of hydrogen-bond donors (Lipinski definition) is 2. The lowest BCUT2D eigenvalue weighted by Crippen LogP contribution is -2.14. The molecule has 1 amide bonds. The summed E-state index contributed by atoms with van der Waals surface area (Å²) in [6.07, 6.45) is 0. The Morgan fingerprint density at radius 3 is 2.31 bits per heavy atom. The third-order valence-corrected chi connectivity index (χ3v) is 3.79. The van der Waals surface area contributed by atoms with E-state index >= 15 is 0 Å². The van der Waals surface area contributed by atoms with Gasteiger partial charge < -0.3 is 15.2 Å². The van der Waals surface area contributed by atoms with Crippen molar-refractivity contribution in [2.75, 3.05) is 5.32 Å². The quantitative estimate of drug-likeness (QED) is 0.659. The number of carbonyl (C=O) groups is 2. The maximum absolute atomic E-state index is 12.3. The number of para-hydroxylation sites is 1. The number of carbonyl (C=O) groups excluding carboxylic acids is 1. The molecule has 0 fully saturated rings. The summed E-state index contributed by atoms with van der Waals surface area (Å²) in [5.74, 6) is -0.376. The smallest absolute Gasteiger partial charge is 0.337 e. The summed E-state index contributed by atoms with van der Waals surface area (Å²) in [5.41, 5.74) is 0.648. The number of aromatic carboxylic acids is 1. The number of nitrogens with one attached hydrogen (secondary N) is 1. The molecule has 0 atom stereocenters. The lowest BCUT2D eigenvalue weighted by molar-refractivity contribution is 0.0698. The zero-order valence-corrected chi connectivity index (χ0v) is 14.2. The molecule has 3 aromatic rings. The van der Waals surface area contributed by atoms with E-state index in [1.54, 1.807) is 60.7 Å². The fraction of sp³-hybridized carbons (Fsp3) is 0. The second-order valence-corrected chi connectivity index (χ2v) is 5.83. The van der Waals surface area contributed by atoms with Crippen LogP contribution in [0.3, 0.4) is 0 Å². The van der Waals surface area contributed by atoms with Crippen LogP contribution in [0.1, 0.15) is 20.7 Å². The number of ether oxygens (including phenoxy) is 1. The van der Waals surface area contributed by atoms with Crippen molar-refractivity contribution in [3.8, 4) is 11.5 Å². The highest BCUT2D eigenvalue weighted by atomic mass is 35.5. The van der Waals surface area contributed by atoms with Gasteiger partial charge in [-0.2, -0.15) is 0 Å². The number of halogens is 1. The van der Waals surface area contributed by atoms with Gasteiger partial charge >= 0.3 is 5.97 Å². The molecule has 3 rings (SSSR count). The first-order valence-electron chi connectivity index (χ1n) is 7.70. The predicted molar refractivity (Wildman–Crippen MR) is 99.3 cm³/mol. The van der Waals surface area contributed by atoms with E-state index in [0.29, 0.717) is 22.1 Å². The topological polar surface area (TPSA) is 75.6 Å². The monoisotopic (exact) mass is 367 g/mol. The lowest BCUT2D eigenvalue weighted by atomic mass is 10.1. The normalized spacial score (nSPS) is 10.2. The molecule has 0 aliphatic rings. The van der Waals surface area contributed by atoms with E-state index < -0.39 is 11.9 Å². The Morgan fingerprint density at radius 2 is 1.62 bits per heavy atom. The second-order valence-electron chi connectivity index (χ2n) is 5.39. The molecule has 2 N–H and O–H groups in total. The Bertz CT molecular complexity index is 954. The van der Waals surface area contributed by atoms with Crippen molar-refractivity contribution in [3.63, 3.8) is 0 Å². The molecule has 0 saturated heterocycles. The largest absolute Gasteiger partial charge is 0.478 e. The number of rotatable bonds is 5. The van der Waals surface area contributed by atoms with Crippen LogP contribution in [0, 0.1) is 0 Å². The van der Waals surface area contributed by atoms with E-state index in [1.807, 2.05) is 0 Å². The Balaban J connectivity index is 1.72. The number of benzene rings is 3. The van der Waals surface area contributed by atoms with Crippen molar-refractivity contribution < 1.29 is 19.4 Å². The Hall–Kier alpha value is -3.31. The molecule has 26 heavy (non-hydrogen) atoms. The molecule has 0 aliphatic carbocycles. The van der Waals surface area contributed by atoms with Crippen molar-refractivity contribution in [2.24, 2.45) is 0 Å². The molecule has 5 nitrogen and oxygen atoms in total. The number of amides is 1. The molecule has 0 aliphatic heterocycles. The molecular weight excluding hydrogens is 354 g/mol. The van der Waals surface area contributed by atoms with Gasteiger partial charge in [0.25, 0.3) is 5.91 Å². The van der Waals surface area contributed by atoms with Gasteiger partial charge in [0.2, 0.25) is 0 Å². The van der Waals surface area contributed by atoms with Crippen LogP contribution < -0.4 is 10.1 Å². The highest BCUT2D eigenvalue weighted by Gasteiger charge is 2.13. The first kappa shape index (κ1) is 17.5. The van der Waals surface area contributed by atoms with Crippen molar-refractivity contribution in [1.82, 2.24) is 0 Å². The molecule has 0 heterocycles. The van der Waals surface area contributed by atoms with Gasteiger partial charge in [0.05, 0.1) is 11.3 Å². The molecule has 130 valence electrons. The fourth-order valence-corrected chi connectivity index (χ4v) is 2.49. The number of carboxylic acids is 1. The highest BCUT2D eigenvalue weighted by Crippen LogP contribution is 2.24. The number of anilines is 1. The number of carboxylic acid groups (broad SMARTS) is 1. The van der Waals surface area contributed by atoms with Crippen LogP contribution in [0.4, 0.5) is 5.69 Å². The predicted octanol–water partition coefficient (Wildman–Crippen LogP) is 5.08. The molecular formula is C20H14ClNO4. The maximum atomic E-state index is 12.3. The van der Waals surface area contributed by atoms with Crippen LogP contribution in [-0.4, -0.2) is 17.0 Å². The van der Waals surface area contributed by atoms with Gasteiger partial charge in [-0.05, 0) is 54.6 Å². The minimum atomic E-state index is -1.11. The molecule has 0 radical (unpaired) electrons. The van der Waals surface area contributed by atoms with Gasteiger partial charge in [0.1, 0.15) is 11.5 Å². The van der Waals surface area contributed by atoms with E-state index in [4.69, 9.17) is 21.4 Å². The molecule has 0 bridgehead atoms. The second kappa shape index (κ2) is 7.72. The minimum absolute atomic E-state index is 0.0294. The molecule has 0 saturated carbocycles. The standard InChI is InChI=1S/C20H14ClNO4/c21-14-4-3-5-16(12-14)26-15-10-8-13(9-11-15)19(23)22-18-7-2-1-6-17(18)20(24)25/h1-12H,(H,22,23)(H,24,25). The SMILES string of the molecule is O=C(Nc1ccccc1C(=O)O)c1ccc(Oc2cccc(Cl)c2)cc1. The van der Waals surface area contributed by atoms with Crippen LogP contribution >= 0.6 is 11.6 Å². The minimum Gasteiger partial charge on any atom is -0.478 e. The van der Waals surface area contributed by atoms with E-state index in [1.165, 1.54) is 12.1 Å². The maximum Gasteiger partial charge on any atom is 0.337 e. The van der Waals surface area contributed by atoms with Gasteiger partial charge in [0, 0.05) is 10.6 Å². The van der Waals surface area contributed by atoms with Crippen molar-refractivity contribution in [1.29, 1.82) is 0 Å².